The average molecular weight is 226 g/mol. The minimum atomic E-state index is -4.88. The number of benzene rings is 1. The Morgan fingerprint density at radius 3 is 2.00 bits per heavy atom. The third kappa shape index (κ3) is 2.89. The average Bonchev–Trinajstić information content (AvgIpc) is 2.09. The highest BCUT2D eigenvalue weighted by atomic mass is 19.4. The molecule has 1 atom stereocenters. The first-order chi connectivity index (χ1) is 6.82. The number of aliphatic hydroxyl groups excluding tert-OH is 1. The van der Waals surface area contributed by atoms with E-state index < -0.39 is 35.9 Å². The van der Waals surface area contributed by atoms with Gasteiger partial charge in [0.05, 0.1) is 0 Å². The number of hydrogen-bond acceptors (Lipinski definition) is 1. The fourth-order valence-electron chi connectivity index (χ4n) is 1.04. The molecule has 0 aliphatic heterocycles. The summed E-state index contributed by atoms with van der Waals surface area (Å²) in [4.78, 5) is 0. The van der Waals surface area contributed by atoms with Gasteiger partial charge in [-0.15, -0.1) is 0 Å². The maximum Gasteiger partial charge on any atom is 0.414 e. The van der Waals surface area contributed by atoms with Crippen molar-refractivity contribution in [2.45, 2.75) is 18.7 Å². The fourth-order valence-corrected chi connectivity index (χ4v) is 1.04. The van der Waals surface area contributed by atoms with Gasteiger partial charge >= 0.3 is 6.18 Å². The van der Waals surface area contributed by atoms with Crippen molar-refractivity contribution >= 4 is 0 Å². The lowest BCUT2D eigenvalue weighted by molar-refractivity contribution is -0.203. The SMILES string of the molecule is O[C@H](Cc1c(F)cccc1F)C(F)(F)F. The highest BCUT2D eigenvalue weighted by molar-refractivity contribution is 5.20. The molecule has 0 spiro atoms. The molecular weight excluding hydrogens is 219 g/mol. The van der Waals surface area contributed by atoms with Crippen molar-refractivity contribution in [3.8, 4) is 0 Å². The van der Waals surface area contributed by atoms with Crippen LogP contribution in [0.25, 0.3) is 0 Å². The summed E-state index contributed by atoms with van der Waals surface area (Å²) in [7, 11) is 0. The van der Waals surface area contributed by atoms with Crippen molar-refractivity contribution in [3.05, 3.63) is 35.4 Å². The third-order valence-electron chi connectivity index (χ3n) is 1.84. The maximum absolute atomic E-state index is 12.9. The van der Waals surface area contributed by atoms with Crippen LogP contribution in [-0.2, 0) is 6.42 Å². The maximum atomic E-state index is 12.9. The molecule has 0 heterocycles. The second-order valence-corrected chi connectivity index (χ2v) is 2.96. The van der Waals surface area contributed by atoms with Crippen LogP contribution in [0.15, 0.2) is 18.2 Å². The van der Waals surface area contributed by atoms with Crippen molar-refractivity contribution in [3.63, 3.8) is 0 Å². The standard InChI is InChI=1S/C9H7F5O/c10-6-2-1-3-7(11)5(6)4-8(15)9(12,13)14/h1-3,8,15H,4H2/t8-/m1/s1. The van der Waals surface area contributed by atoms with Gasteiger partial charge in [0.25, 0.3) is 0 Å². The van der Waals surface area contributed by atoms with Crippen molar-refractivity contribution in [1.82, 2.24) is 0 Å². The van der Waals surface area contributed by atoms with Gasteiger partial charge in [-0.2, -0.15) is 13.2 Å². The van der Waals surface area contributed by atoms with E-state index in [1.165, 1.54) is 0 Å². The number of rotatable bonds is 2. The Morgan fingerprint density at radius 2 is 1.60 bits per heavy atom. The first-order valence-corrected chi connectivity index (χ1v) is 4.00. The summed E-state index contributed by atoms with van der Waals surface area (Å²) in [6.45, 7) is 0. The minimum Gasteiger partial charge on any atom is -0.383 e. The Kier molecular flexibility index (Phi) is 3.28. The lowest BCUT2D eigenvalue weighted by Gasteiger charge is -2.14. The van der Waals surface area contributed by atoms with Crippen LogP contribution in [0.1, 0.15) is 5.56 Å². The van der Waals surface area contributed by atoms with E-state index in [9.17, 15) is 22.0 Å². The van der Waals surface area contributed by atoms with Crippen LogP contribution in [0.4, 0.5) is 22.0 Å². The number of alkyl halides is 3. The van der Waals surface area contributed by atoms with Gasteiger partial charge < -0.3 is 5.11 Å². The Labute approximate surface area is 82.1 Å². The van der Waals surface area contributed by atoms with Crippen LogP contribution in [0.5, 0.6) is 0 Å². The molecule has 0 saturated carbocycles. The Balaban J connectivity index is 2.90. The van der Waals surface area contributed by atoms with Gasteiger partial charge in [-0.25, -0.2) is 8.78 Å². The van der Waals surface area contributed by atoms with Crippen LogP contribution < -0.4 is 0 Å². The topological polar surface area (TPSA) is 20.2 Å². The van der Waals surface area contributed by atoms with Crippen LogP contribution in [0.3, 0.4) is 0 Å². The van der Waals surface area contributed by atoms with Crippen LogP contribution in [0.2, 0.25) is 0 Å². The molecule has 1 aromatic carbocycles. The minimum absolute atomic E-state index is 0.762. The van der Waals surface area contributed by atoms with E-state index in [-0.39, 0.29) is 0 Å². The summed E-state index contributed by atoms with van der Waals surface area (Å²) in [6, 6.07) is 2.71. The van der Waals surface area contributed by atoms with E-state index in [1.807, 2.05) is 0 Å². The third-order valence-corrected chi connectivity index (χ3v) is 1.84. The molecule has 1 aromatic rings. The highest BCUT2D eigenvalue weighted by Crippen LogP contribution is 2.24. The molecule has 1 nitrogen and oxygen atoms in total. The Morgan fingerprint density at radius 1 is 1.13 bits per heavy atom. The lowest BCUT2D eigenvalue weighted by Crippen LogP contribution is -2.31. The number of halogens is 5. The van der Waals surface area contributed by atoms with Crippen molar-refractivity contribution in [2.24, 2.45) is 0 Å². The summed E-state index contributed by atoms with van der Waals surface area (Å²) in [6.07, 6.45) is -8.76. The van der Waals surface area contributed by atoms with Crippen molar-refractivity contribution in [1.29, 1.82) is 0 Å². The summed E-state index contributed by atoms with van der Waals surface area (Å²) >= 11 is 0. The number of hydrogen-bond donors (Lipinski definition) is 1. The molecule has 6 heteroatoms. The first kappa shape index (κ1) is 11.9. The second kappa shape index (κ2) is 4.14. The lowest BCUT2D eigenvalue weighted by atomic mass is 10.1. The first-order valence-electron chi connectivity index (χ1n) is 4.00. The van der Waals surface area contributed by atoms with E-state index >= 15 is 0 Å². The summed E-state index contributed by atoms with van der Waals surface area (Å²) < 4.78 is 61.5. The molecule has 0 fully saturated rings. The van der Waals surface area contributed by atoms with Crippen molar-refractivity contribution in [2.75, 3.05) is 0 Å². The summed E-state index contributed by atoms with van der Waals surface area (Å²) in [5, 5.41) is 8.63. The van der Waals surface area contributed by atoms with Gasteiger partial charge in [0.2, 0.25) is 0 Å². The molecule has 84 valence electrons. The van der Waals surface area contributed by atoms with Crippen LogP contribution in [-0.4, -0.2) is 17.4 Å². The molecule has 0 amide bonds. The zero-order chi connectivity index (χ0) is 11.6. The fraction of sp³-hybridized carbons (Fsp3) is 0.333. The van der Waals surface area contributed by atoms with E-state index in [4.69, 9.17) is 5.11 Å². The van der Waals surface area contributed by atoms with Gasteiger partial charge in [0.1, 0.15) is 11.6 Å². The molecular formula is C9H7F5O. The molecule has 0 aromatic heterocycles. The van der Waals surface area contributed by atoms with Crippen LogP contribution >= 0.6 is 0 Å². The van der Waals surface area contributed by atoms with E-state index in [2.05, 4.69) is 0 Å². The molecule has 15 heavy (non-hydrogen) atoms. The molecule has 0 aliphatic rings. The van der Waals surface area contributed by atoms with Gasteiger partial charge in [0.15, 0.2) is 6.10 Å². The van der Waals surface area contributed by atoms with E-state index in [1.54, 1.807) is 0 Å². The largest absolute Gasteiger partial charge is 0.414 e. The van der Waals surface area contributed by atoms with E-state index in [0.717, 1.165) is 18.2 Å². The molecule has 0 radical (unpaired) electrons. The van der Waals surface area contributed by atoms with Crippen molar-refractivity contribution < 1.29 is 27.1 Å². The Bertz CT molecular complexity index is 327. The molecule has 1 rings (SSSR count). The Hall–Kier alpha value is -1.17. The molecule has 0 unspecified atom stereocenters. The van der Waals surface area contributed by atoms with Gasteiger partial charge in [0, 0.05) is 12.0 Å². The van der Waals surface area contributed by atoms with Crippen LogP contribution in [0, 0.1) is 11.6 Å². The molecule has 0 bridgehead atoms. The predicted molar refractivity (Wildman–Crippen MR) is 42.1 cm³/mol. The monoisotopic (exact) mass is 226 g/mol. The quantitative estimate of drug-likeness (QED) is 0.768. The highest BCUT2D eigenvalue weighted by Gasteiger charge is 2.38. The normalized spacial score (nSPS) is 14.0. The summed E-state index contributed by atoms with van der Waals surface area (Å²) in [5.41, 5.74) is -0.762. The molecule has 0 saturated heterocycles. The molecule has 1 N–H and O–H groups in total. The summed E-state index contributed by atoms with van der Waals surface area (Å²) in [5.74, 6) is -2.20. The number of aliphatic hydroxyl groups is 1. The van der Waals surface area contributed by atoms with E-state index in [0.29, 0.717) is 0 Å². The van der Waals surface area contributed by atoms with Gasteiger partial charge in [-0.1, -0.05) is 6.07 Å². The zero-order valence-corrected chi connectivity index (χ0v) is 7.35. The predicted octanol–water partition coefficient (Wildman–Crippen LogP) is 2.43. The second-order valence-electron chi connectivity index (χ2n) is 2.96. The smallest absolute Gasteiger partial charge is 0.383 e. The zero-order valence-electron chi connectivity index (χ0n) is 7.35. The van der Waals surface area contributed by atoms with Gasteiger partial charge in [-0.05, 0) is 12.1 Å². The van der Waals surface area contributed by atoms with Gasteiger partial charge in [-0.3, -0.25) is 0 Å². The molecule has 0 aliphatic carbocycles.